The molecule has 0 saturated heterocycles. The molecule has 22 heavy (non-hydrogen) atoms. The smallest absolute Gasteiger partial charge is 0.253 e. The molecule has 1 heterocycles. The summed E-state index contributed by atoms with van der Waals surface area (Å²) in [5.41, 5.74) is 5.21. The first-order valence-electron chi connectivity index (χ1n) is 6.43. The van der Waals surface area contributed by atoms with Gasteiger partial charge in [0.1, 0.15) is 6.04 Å². The van der Waals surface area contributed by atoms with E-state index in [0.29, 0.717) is 5.56 Å². The zero-order valence-corrected chi connectivity index (χ0v) is 12.0. The third-order valence-electron chi connectivity index (χ3n) is 2.54. The summed E-state index contributed by atoms with van der Waals surface area (Å²) in [7, 11) is 0. The largest absolute Gasteiger partial charge is 0.368 e. The summed E-state index contributed by atoms with van der Waals surface area (Å²) in [6.07, 6.45) is 2.89. The minimum atomic E-state index is -0.859. The molecule has 1 atom stereocenters. The number of carbonyl (C=O) groups is 4. The third-order valence-corrected chi connectivity index (χ3v) is 2.54. The van der Waals surface area contributed by atoms with Crippen LogP contribution in [0.4, 0.5) is 0 Å². The van der Waals surface area contributed by atoms with Gasteiger partial charge in [0.25, 0.3) is 5.91 Å². The fourth-order valence-electron chi connectivity index (χ4n) is 1.45. The molecule has 0 radical (unpaired) electrons. The van der Waals surface area contributed by atoms with Crippen molar-refractivity contribution in [2.24, 2.45) is 5.73 Å². The van der Waals surface area contributed by atoms with Crippen molar-refractivity contribution in [1.82, 2.24) is 20.9 Å². The van der Waals surface area contributed by atoms with Crippen molar-refractivity contribution >= 4 is 23.6 Å². The molecule has 1 aromatic rings. The number of pyridine rings is 1. The summed E-state index contributed by atoms with van der Waals surface area (Å²) in [5, 5.41) is 7.03. The molecule has 9 nitrogen and oxygen atoms in total. The number of rotatable bonds is 7. The summed E-state index contributed by atoms with van der Waals surface area (Å²) < 4.78 is 0. The number of amides is 4. The van der Waals surface area contributed by atoms with E-state index in [1.165, 1.54) is 19.3 Å². The van der Waals surface area contributed by atoms with E-state index in [2.05, 4.69) is 20.9 Å². The summed E-state index contributed by atoms with van der Waals surface area (Å²) in [6.45, 7) is 0.842. The maximum atomic E-state index is 11.7. The first kappa shape index (κ1) is 17.1. The molecule has 0 aromatic carbocycles. The normalized spacial score (nSPS) is 11.1. The topological polar surface area (TPSA) is 143 Å². The second-order valence-electron chi connectivity index (χ2n) is 4.40. The van der Waals surface area contributed by atoms with Crippen LogP contribution in [0.1, 0.15) is 17.3 Å². The highest BCUT2D eigenvalue weighted by atomic mass is 16.2. The highest BCUT2D eigenvalue weighted by molar-refractivity contribution is 5.97. The molecule has 0 aliphatic carbocycles. The molecule has 1 rings (SSSR count). The molecular weight excluding hydrogens is 290 g/mol. The third kappa shape index (κ3) is 5.99. The van der Waals surface area contributed by atoms with Crippen molar-refractivity contribution in [1.29, 1.82) is 0 Å². The average Bonchev–Trinajstić information content (AvgIpc) is 2.50. The summed E-state index contributed by atoms with van der Waals surface area (Å²) in [5.74, 6) is -2.23. The molecule has 9 heteroatoms. The SMILES string of the molecule is C[C@H](NC(=O)CNC(=O)c1cccnc1)C(=O)NCC(N)=O. The molecular formula is C13H17N5O4. The monoisotopic (exact) mass is 307 g/mol. The van der Waals surface area contributed by atoms with Crippen LogP contribution in [0.5, 0.6) is 0 Å². The van der Waals surface area contributed by atoms with E-state index in [1.807, 2.05) is 0 Å². The minimum absolute atomic E-state index is 0.291. The Bertz CT molecular complexity index is 561. The van der Waals surface area contributed by atoms with Crippen LogP contribution in [-0.2, 0) is 14.4 Å². The summed E-state index contributed by atoms with van der Waals surface area (Å²) in [6, 6.07) is 2.29. The fraction of sp³-hybridized carbons (Fsp3) is 0.308. The van der Waals surface area contributed by atoms with Gasteiger partial charge in [0.15, 0.2) is 0 Å². The Morgan fingerprint density at radius 3 is 2.55 bits per heavy atom. The van der Waals surface area contributed by atoms with E-state index in [4.69, 9.17) is 5.73 Å². The molecule has 0 spiro atoms. The van der Waals surface area contributed by atoms with Gasteiger partial charge in [-0.05, 0) is 19.1 Å². The van der Waals surface area contributed by atoms with Gasteiger partial charge in [-0.1, -0.05) is 0 Å². The Hall–Kier alpha value is -2.97. The Balaban J connectivity index is 2.35. The molecule has 0 unspecified atom stereocenters. The zero-order chi connectivity index (χ0) is 16.5. The number of hydrogen-bond donors (Lipinski definition) is 4. The lowest BCUT2D eigenvalue weighted by atomic mass is 10.2. The van der Waals surface area contributed by atoms with Gasteiger partial charge in [-0.2, -0.15) is 0 Å². The molecule has 0 fully saturated rings. The first-order valence-corrected chi connectivity index (χ1v) is 6.43. The highest BCUT2D eigenvalue weighted by Gasteiger charge is 2.16. The quantitative estimate of drug-likeness (QED) is 0.457. The lowest BCUT2D eigenvalue weighted by Crippen LogP contribution is -2.49. The second kappa shape index (κ2) is 8.35. The summed E-state index contributed by atoms with van der Waals surface area (Å²) in [4.78, 5) is 49.1. The van der Waals surface area contributed by atoms with Crippen molar-refractivity contribution in [2.75, 3.05) is 13.1 Å². The fourth-order valence-corrected chi connectivity index (χ4v) is 1.45. The van der Waals surface area contributed by atoms with Crippen molar-refractivity contribution < 1.29 is 19.2 Å². The zero-order valence-electron chi connectivity index (χ0n) is 12.0. The lowest BCUT2D eigenvalue weighted by molar-refractivity contribution is -0.129. The molecule has 4 amide bonds. The van der Waals surface area contributed by atoms with Crippen molar-refractivity contribution in [3.8, 4) is 0 Å². The summed E-state index contributed by atoms with van der Waals surface area (Å²) >= 11 is 0. The molecule has 5 N–H and O–H groups in total. The van der Waals surface area contributed by atoms with E-state index in [9.17, 15) is 19.2 Å². The van der Waals surface area contributed by atoms with Gasteiger partial charge in [0.2, 0.25) is 17.7 Å². The van der Waals surface area contributed by atoms with Gasteiger partial charge < -0.3 is 21.7 Å². The number of nitrogens with zero attached hydrogens (tertiary/aromatic N) is 1. The van der Waals surface area contributed by atoms with Gasteiger partial charge in [-0.15, -0.1) is 0 Å². The second-order valence-corrected chi connectivity index (χ2v) is 4.40. The van der Waals surface area contributed by atoms with Crippen molar-refractivity contribution in [2.45, 2.75) is 13.0 Å². The number of aromatic nitrogens is 1. The maximum absolute atomic E-state index is 11.7. The number of nitrogens with one attached hydrogen (secondary N) is 3. The van der Waals surface area contributed by atoms with E-state index >= 15 is 0 Å². The van der Waals surface area contributed by atoms with Crippen LogP contribution in [-0.4, -0.2) is 47.7 Å². The molecule has 118 valence electrons. The highest BCUT2D eigenvalue weighted by Crippen LogP contribution is 1.94. The van der Waals surface area contributed by atoms with Gasteiger partial charge in [-0.25, -0.2) is 0 Å². The lowest BCUT2D eigenvalue weighted by Gasteiger charge is -2.13. The number of carbonyl (C=O) groups excluding carboxylic acids is 4. The minimum Gasteiger partial charge on any atom is -0.368 e. The maximum Gasteiger partial charge on any atom is 0.253 e. The standard InChI is InChI=1S/C13H17N5O4/c1-8(12(21)16-6-10(14)19)18-11(20)7-17-13(22)9-3-2-4-15-5-9/h2-5,8H,6-7H2,1H3,(H2,14,19)(H,16,21)(H,17,22)(H,18,20)/t8-/m0/s1. The molecule has 0 aliphatic heterocycles. The van der Waals surface area contributed by atoms with E-state index in [-0.39, 0.29) is 13.1 Å². The predicted molar refractivity (Wildman–Crippen MR) is 76.4 cm³/mol. The first-order chi connectivity index (χ1) is 10.4. The van der Waals surface area contributed by atoms with E-state index < -0.39 is 29.7 Å². The van der Waals surface area contributed by atoms with Crippen LogP contribution in [0.25, 0.3) is 0 Å². The Morgan fingerprint density at radius 2 is 1.95 bits per heavy atom. The van der Waals surface area contributed by atoms with Crippen LogP contribution in [0.2, 0.25) is 0 Å². The molecule has 0 bridgehead atoms. The Labute approximate surface area is 126 Å². The Kier molecular flexibility index (Phi) is 6.48. The van der Waals surface area contributed by atoms with Gasteiger partial charge in [-0.3, -0.25) is 24.2 Å². The van der Waals surface area contributed by atoms with Crippen LogP contribution in [0.15, 0.2) is 24.5 Å². The van der Waals surface area contributed by atoms with Crippen LogP contribution >= 0.6 is 0 Å². The van der Waals surface area contributed by atoms with E-state index in [0.717, 1.165) is 0 Å². The van der Waals surface area contributed by atoms with Crippen LogP contribution in [0, 0.1) is 0 Å². The van der Waals surface area contributed by atoms with Crippen LogP contribution < -0.4 is 21.7 Å². The predicted octanol–water partition coefficient (Wildman–Crippen LogP) is -2.08. The number of nitrogens with two attached hydrogens (primary N) is 1. The Morgan fingerprint density at radius 1 is 1.23 bits per heavy atom. The average molecular weight is 307 g/mol. The van der Waals surface area contributed by atoms with Gasteiger partial charge in [0.05, 0.1) is 18.7 Å². The molecule has 1 aromatic heterocycles. The van der Waals surface area contributed by atoms with Crippen molar-refractivity contribution in [3.63, 3.8) is 0 Å². The number of primary amides is 1. The van der Waals surface area contributed by atoms with Gasteiger partial charge in [0, 0.05) is 12.4 Å². The van der Waals surface area contributed by atoms with Crippen molar-refractivity contribution in [3.05, 3.63) is 30.1 Å². The molecule has 0 saturated carbocycles. The number of hydrogen-bond acceptors (Lipinski definition) is 5. The van der Waals surface area contributed by atoms with Crippen LogP contribution in [0.3, 0.4) is 0 Å². The van der Waals surface area contributed by atoms with E-state index in [1.54, 1.807) is 12.1 Å². The molecule has 0 aliphatic rings. The van der Waals surface area contributed by atoms with Gasteiger partial charge >= 0.3 is 0 Å².